The number of halogens is 2. The summed E-state index contributed by atoms with van der Waals surface area (Å²) < 4.78 is 19.3. The molecule has 1 aliphatic rings. The predicted octanol–water partition coefficient (Wildman–Crippen LogP) is 4.77. The predicted molar refractivity (Wildman–Crippen MR) is 101 cm³/mol. The third-order valence-corrected chi connectivity index (χ3v) is 4.76. The Labute approximate surface area is 161 Å². The van der Waals surface area contributed by atoms with Crippen LogP contribution in [0.5, 0.6) is 0 Å². The molecule has 1 saturated carbocycles. The molecular weight excluding hydrogens is 371 g/mol. The van der Waals surface area contributed by atoms with E-state index in [0.717, 1.165) is 19.3 Å². The van der Waals surface area contributed by atoms with Gasteiger partial charge in [0.2, 0.25) is 0 Å². The molecule has 1 aliphatic carbocycles. The summed E-state index contributed by atoms with van der Waals surface area (Å²) >= 11 is 5.94. The van der Waals surface area contributed by atoms with Crippen molar-refractivity contribution in [2.75, 3.05) is 5.32 Å². The maximum absolute atomic E-state index is 13.9. The van der Waals surface area contributed by atoms with Crippen molar-refractivity contribution in [3.8, 4) is 0 Å². The second kappa shape index (κ2) is 8.86. The molecule has 2 aromatic carbocycles. The van der Waals surface area contributed by atoms with Gasteiger partial charge in [-0.3, -0.25) is 10.1 Å². The Morgan fingerprint density at radius 2 is 1.85 bits per heavy atom. The van der Waals surface area contributed by atoms with Gasteiger partial charge in [-0.15, -0.1) is 0 Å². The van der Waals surface area contributed by atoms with E-state index in [-0.39, 0.29) is 22.7 Å². The van der Waals surface area contributed by atoms with Gasteiger partial charge in [0.1, 0.15) is 11.9 Å². The number of rotatable bonds is 4. The van der Waals surface area contributed by atoms with Crippen LogP contribution in [0, 0.1) is 5.82 Å². The van der Waals surface area contributed by atoms with Gasteiger partial charge in [0, 0.05) is 18.2 Å². The summed E-state index contributed by atoms with van der Waals surface area (Å²) in [5.74, 6) is -1.22. The Morgan fingerprint density at radius 1 is 1.07 bits per heavy atom. The molecule has 142 valence electrons. The monoisotopic (exact) mass is 390 g/mol. The first-order chi connectivity index (χ1) is 13.0. The standard InChI is InChI=1S/C20H20ClFN2O3/c21-16-10-5-11-17(22)18(16)19(25)23-14-8-4-9-15(12-14)27-20(26)24-13-6-2-1-3-7-13/h1-3,5-7,10-11,14-15H,4,8-9,12H2,(H,23,25)(H,24,26)/t14-,15+/m1/s1. The molecule has 0 saturated heterocycles. The van der Waals surface area contributed by atoms with Crippen LogP contribution in [0.1, 0.15) is 36.0 Å². The van der Waals surface area contributed by atoms with E-state index >= 15 is 0 Å². The fourth-order valence-electron chi connectivity index (χ4n) is 3.18. The second-order valence-corrected chi connectivity index (χ2v) is 6.86. The molecule has 0 radical (unpaired) electrons. The number of hydrogen-bond donors (Lipinski definition) is 2. The molecule has 2 atom stereocenters. The first-order valence-corrected chi connectivity index (χ1v) is 9.18. The molecule has 27 heavy (non-hydrogen) atoms. The lowest BCUT2D eigenvalue weighted by Gasteiger charge is -2.29. The first-order valence-electron chi connectivity index (χ1n) is 8.80. The van der Waals surface area contributed by atoms with Gasteiger partial charge in [-0.05, 0) is 43.5 Å². The first kappa shape index (κ1) is 19.2. The molecule has 1 fully saturated rings. The van der Waals surface area contributed by atoms with Crippen LogP contribution in [0.15, 0.2) is 48.5 Å². The molecular formula is C20H20ClFN2O3. The van der Waals surface area contributed by atoms with E-state index in [9.17, 15) is 14.0 Å². The van der Waals surface area contributed by atoms with Crippen LogP contribution in [0.25, 0.3) is 0 Å². The normalized spacial score (nSPS) is 19.2. The van der Waals surface area contributed by atoms with Crippen molar-refractivity contribution in [2.24, 2.45) is 0 Å². The van der Waals surface area contributed by atoms with E-state index in [1.807, 2.05) is 18.2 Å². The number of hydrogen-bond acceptors (Lipinski definition) is 3. The topological polar surface area (TPSA) is 67.4 Å². The van der Waals surface area contributed by atoms with Crippen molar-refractivity contribution in [1.82, 2.24) is 5.32 Å². The molecule has 0 unspecified atom stereocenters. The Kier molecular flexibility index (Phi) is 6.29. The van der Waals surface area contributed by atoms with Crippen LogP contribution >= 0.6 is 11.6 Å². The van der Waals surface area contributed by atoms with Crippen molar-refractivity contribution in [3.63, 3.8) is 0 Å². The molecule has 0 aliphatic heterocycles. The minimum Gasteiger partial charge on any atom is -0.446 e. The molecule has 7 heteroatoms. The number of carbonyl (C=O) groups is 2. The Morgan fingerprint density at radius 3 is 2.59 bits per heavy atom. The SMILES string of the molecule is O=C(Nc1ccccc1)O[C@H]1CCC[C@@H](NC(=O)c2c(F)cccc2Cl)C1. The van der Waals surface area contributed by atoms with Gasteiger partial charge in [-0.2, -0.15) is 0 Å². The Bertz CT molecular complexity index is 796. The van der Waals surface area contributed by atoms with Gasteiger partial charge >= 0.3 is 6.09 Å². The highest BCUT2D eigenvalue weighted by Crippen LogP contribution is 2.24. The van der Waals surface area contributed by atoms with Crippen molar-refractivity contribution < 1.29 is 18.7 Å². The maximum Gasteiger partial charge on any atom is 0.411 e. The number of benzene rings is 2. The highest BCUT2D eigenvalue weighted by molar-refractivity contribution is 6.33. The summed E-state index contributed by atoms with van der Waals surface area (Å²) in [6.45, 7) is 0. The summed E-state index contributed by atoms with van der Waals surface area (Å²) in [6.07, 6.45) is 1.87. The van der Waals surface area contributed by atoms with Gasteiger partial charge in [0.15, 0.2) is 0 Å². The second-order valence-electron chi connectivity index (χ2n) is 6.45. The van der Waals surface area contributed by atoms with E-state index in [0.29, 0.717) is 12.1 Å². The molecule has 2 N–H and O–H groups in total. The largest absolute Gasteiger partial charge is 0.446 e. The molecule has 0 aromatic heterocycles. The van der Waals surface area contributed by atoms with E-state index in [1.165, 1.54) is 18.2 Å². The van der Waals surface area contributed by atoms with Crippen LogP contribution in [0.3, 0.4) is 0 Å². The van der Waals surface area contributed by atoms with E-state index in [2.05, 4.69) is 10.6 Å². The Hall–Kier alpha value is -2.60. The molecule has 5 nitrogen and oxygen atoms in total. The zero-order valence-corrected chi connectivity index (χ0v) is 15.3. The minimum absolute atomic E-state index is 0.0679. The quantitative estimate of drug-likeness (QED) is 0.790. The van der Waals surface area contributed by atoms with E-state index < -0.39 is 17.8 Å². The Balaban J connectivity index is 1.55. The molecule has 2 amide bonds. The van der Waals surface area contributed by atoms with Gasteiger partial charge < -0.3 is 10.1 Å². The number of nitrogens with one attached hydrogen (secondary N) is 2. The molecule has 3 rings (SSSR count). The molecule has 0 bridgehead atoms. The fourth-order valence-corrected chi connectivity index (χ4v) is 3.42. The summed E-state index contributed by atoms with van der Waals surface area (Å²) in [5, 5.41) is 5.53. The fraction of sp³-hybridized carbons (Fsp3) is 0.300. The zero-order chi connectivity index (χ0) is 19.2. The average Bonchev–Trinajstić information content (AvgIpc) is 2.62. The molecule has 0 spiro atoms. The number of amides is 2. The number of carbonyl (C=O) groups excluding carboxylic acids is 2. The van der Waals surface area contributed by atoms with Gasteiger partial charge in [-0.1, -0.05) is 35.9 Å². The minimum atomic E-state index is -0.661. The lowest BCUT2D eigenvalue weighted by Crippen LogP contribution is -2.41. The van der Waals surface area contributed by atoms with Crippen LogP contribution in [-0.4, -0.2) is 24.1 Å². The number of ether oxygens (including phenoxy) is 1. The highest BCUT2D eigenvalue weighted by Gasteiger charge is 2.27. The maximum atomic E-state index is 13.9. The summed E-state index contributed by atoms with van der Waals surface area (Å²) in [6, 6.07) is 12.9. The number of anilines is 1. The van der Waals surface area contributed by atoms with Crippen molar-refractivity contribution >= 4 is 29.3 Å². The van der Waals surface area contributed by atoms with E-state index in [4.69, 9.17) is 16.3 Å². The lowest BCUT2D eigenvalue weighted by atomic mass is 9.92. The van der Waals surface area contributed by atoms with Gasteiger partial charge in [-0.25, -0.2) is 9.18 Å². The smallest absolute Gasteiger partial charge is 0.411 e. The third kappa shape index (κ3) is 5.20. The van der Waals surface area contributed by atoms with E-state index in [1.54, 1.807) is 12.1 Å². The summed E-state index contributed by atoms with van der Waals surface area (Å²) in [7, 11) is 0. The molecule has 2 aromatic rings. The number of para-hydroxylation sites is 1. The van der Waals surface area contributed by atoms with Crippen LogP contribution < -0.4 is 10.6 Å². The third-order valence-electron chi connectivity index (χ3n) is 4.45. The summed E-state index contributed by atoms with van der Waals surface area (Å²) in [4.78, 5) is 24.4. The zero-order valence-electron chi connectivity index (χ0n) is 14.6. The van der Waals surface area contributed by atoms with Gasteiger partial charge in [0.05, 0.1) is 10.6 Å². The van der Waals surface area contributed by atoms with Crippen molar-refractivity contribution in [1.29, 1.82) is 0 Å². The van der Waals surface area contributed by atoms with Crippen LogP contribution in [0.4, 0.5) is 14.9 Å². The van der Waals surface area contributed by atoms with Crippen molar-refractivity contribution in [2.45, 2.75) is 37.8 Å². The summed E-state index contributed by atoms with van der Waals surface area (Å²) in [5.41, 5.74) is 0.487. The van der Waals surface area contributed by atoms with Crippen molar-refractivity contribution in [3.05, 3.63) is 64.9 Å². The van der Waals surface area contributed by atoms with Crippen LogP contribution in [0.2, 0.25) is 5.02 Å². The highest BCUT2D eigenvalue weighted by atomic mass is 35.5. The van der Waals surface area contributed by atoms with Gasteiger partial charge in [0.25, 0.3) is 5.91 Å². The molecule has 0 heterocycles. The average molecular weight is 391 g/mol. The van der Waals surface area contributed by atoms with Crippen LogP contribution in [-0.2, 0) is 4.74 Å². The lowest BCUT2D eigenvalue weighted by molar-refractivity contribution is 0.0711.